The zero-order valence-electron chi connectivity index (χ0n) is 16.8. The van der Waals surface area contributed by atoms with Crippen LogP contribution >= 0.6 is 23.2 Å². The van der Waals surface area contributed by atoms with Gasteiger partial charge in [0, 0.05) is 19.8 Å². The molecule has 0 aliphatic carbocycles. The quantitative estimate of drug-likeness (QED) is 0.489. The molecule has 3 rings (SSSR count). The van der Waals surface area contributed by atoms with Gasteiger partial charge in [-0.1, -0.05) is 23.2 Å². The number of hydrogen-bond acceptors (Lipinski definition) is 6. The van der Waals surface area contributed by atoms with E-state index in [9.17, 15) is 30.0 Å². The summed E-state index contributed by atoms with van der Waals surface area (Å²) < 4.78 is 88.0. The van der Waals surface area contributed by atoms with Crippen LogP contribution < -0.4 is 15.6 Å². The van der Waals surface area contributed by atoms with E-state index in [1.54, 1.807) is 0 Å². The van der Waals surface area contributed by atoms with Gasteiger partial charge in [0.2, 0.25) is 20.0 Å². The molecule has 15 heteroatoms. The first-order chi connectivity index (χ1) is 15.2. The average Bonchev–Trinajstić information content (AvgIpc) is 2.70. The zero-order chi connectivity index (χ0) is 25.0. The van der Waals surface area contributed by atoms with Crippen LogP contribution in [-0.2, 0) is 24.8 Å². The fourth-order valence-electron chi connectivity index (χ4n) is 2.81. The monoisotopic (exact) mass is 549 g/mol. The minimum absolute atomic E-state index is 0.0941. The first-order valence-electron chi connectivity index (χ1n) is 9.21. The molecular formula is C18H20Cl2F3N3O5S2. The number of anilines is 1. The fourth-order valence-corrected chi connectivity index (χ4v) is 4.97. The number of rotatable bonds is 5. The van der Waals surface area contributed by atoms with Crippen molar-refractivity contribution >= 4 is 48.9 Å². The highest BCUT2D eigenvalue weighted by atomic mass is 35.5. The van der Waals surface area contributed by atoms with Crippen molar-refractivity contribution in [3.8, 4) is 0 Å². The Kier molecular flexibility index (Phi) is 9.39. The molecule has 1 fully saturated rings. The molecule has 0 spiro atoms. The van der Waals surface area contributed by atoms with Crippen LogP contribution in [0.15, 0.2) is 34.1 Å². The van der Waals surface area contributed by atoms with Gasteiger partial charge in [0.25, 0.3) is 0 Å². The molecule has 0 atom stereocenters. The largest absolute Gasteiger partial charge is 0.382 e. The third-order valence-electron chi connectivity index (χ3n) is 4.53. The van der Waals surface area contributed by atoms with E-state index in [2.05, 4.69) is 10.5 Å². The number of sulfonamides is 2. The van der Waals surface area contributed by atoms with Crippen molar-refractivity contribution in [3.63, 3.8) is 0 Å². The topological polar surface area (TPSA) is 142 Å². The summed E-state index contributed by atoms with van der Waals surface area (Å²) in [5.74, 6) is -2.82. The van der Waals surface area contributed by atoms with Gasteiger partial charge in [0.05, 0.1) is 15.7 Å². The lowest BCUT2D eigenvalue weighted by atomic mass is 10.0. The Bertz CT molecular complexity index is 1230. The smallest absolute Gasteiger partial charge is 0.239 e. The second-order valence-corrected chi connectivity index (χ2v) is 10.9. The van der Waals surface area contributed by atoms with Gasteiger partial charge >= 0.3 is 0 Å². The Morgan fingerprint density at radius 2 is 1.30 bits per heavy atom. The Morgan fingerprint density at radius 1 is 0.848 bits per heavy atom. The second-order valence-electron chi connectivity index (χ2n) is 6.99. The van der Waals surface area contributed by atoms with Crippen molar-refractivity contribution in [3.05, 3.63) is 51.8 Å². The van der Waals surface area contributed by atoms with Crippen molar-refractivity contribution < 1.29 is 34.7 Å². The zero-order valence-corrected chi connectivity index (χ0v) is 20.0. The molecule has 1 aliphatic heterocycles. The van der Waals surface area contributed by atoms with E-state index in [0.29, 0.717) is 37.8 Å². The van der Waals surface area contributed by atoms with Gasteiger partial charge in [-0.15, -0.1) is 0 Å². The molecule has 2 aromatic rings. The van der Waals surface area contributed by atoms with Crippen molar-refractivity contribution in [2.45, 2.75) is 22.6 Å². The maximum Gasteiger partial charge on any atom is 0.239 e. The highest BCUT2D eigenvalue weighted by Gasteiger charge is 2.19. The first-order valence-corrected chi connectivity index (χ1v) is 13.1. The molecule has 5 N–H and O–H groups in total. The Morgan fingerprint density at radius 3 is 1.82 bits per heavy atom. The molecule has 0 aromatic heterocycles. The Balaban J connectivity index is 0.000000257. The highest BCUT2D eigenvalue weighted by molar-refractivity contribution is 7.89. The second kappa shape index (κ2) is 11.2. The predicted octanol–water partition coefficient (Wildman–Crippen LogP) is 3.23. The number of ether oxygens (including phenoxy) is 1. The molecule has 0 unspecified atom stereocenters. The number of hydrogen-bond donors (Lipinski definition) is 3. The van der Waals surface area contributed by atoms with Gasteiger partial charge in [0.15, 0.2) is 11.6 Å². The third kappa shape index (κ3) is 7.98. The summed E-state index contributed by atoms with van der Waals surface area (Å²) in [6, 6.07) is 3.07. The van der Waals surface area contributed by atoms with E-state index in [1.165, 1.54) is 6.07 Å². The fraction of sp³-hybridized carbons (Fsp3) is 0.333. The molecule has 2 aromatic carbocycles. The molecule has 0 bridgehead atoms. The number of nitrogens with two attached hydrogens (primary N) is 2. The molecular weight excluding hydrogens is 530 g/mol. The Hall–Kier alpha value is -1.61. The van der Waals surface area contributed by atoms with Gasteiger partial charge in [-0.3, -0.25) is 0 Å². The summed E-state index contributed by atoms with van der Waals surface area (Å²) in [6.45, 7) is 2.01. The number of nitrogens with one attached hydrogen (secondary N) is 1. The van der Waals surface area contributed by atoms with Crippen LogP contribution in [0.2, 0.25) is 10.0 Å². The number of benzene rings is 2. The van der Waals surface area contributed by atoms with Gasteiger partial charge in [-0.05, 0) is 43.0 Å². The first kappa shape index (κ1) is 27.6. The minimum atomic E-state index is -4.11. The van der Waals surface area contributed by atoms with Gasteiger partial charge in [-0.25, -0.2) is 40.3 Å². The molecule has 184 valence electrons. The summed E-state index contributed by atoms with van der Waals surface area (Å²) >= 11 is 11.1. The van der Waals surface area contributed by atoms with E-state index < -0.39 is 52.3 Å². The lowest BCUT2D eigenvalue weighted by Crippen LogP contribution is -2.23. The summed E-state index contributed by atoms with van der Waals surface area (Å²) in [5, 5.41) is 12.0. The maximum atomic E-state index is 13.8. The van der Waals surface area contributed by atoms with E-state index >= 15 is 0 Å². The molecule has 8 nitrogen and oxygen atoms in total. The van der Waals surface area contributed by atoms with Crippen LogP contribution in [0.4, 0.5) is 18.9 Å². The number of halogens is 5. The van der Waals surface area contributed by atoms with Crippen LogP contribution in [-0.4, -0.2) is 36.6 Å². The summed E-state index contributed by atoms with van der Waals surface area (Å²) in [5.41, 5.74) is 0.175. The SMILES string of the molecule is NS(=O)(=O)c1cc(F)c(F)cc1Cl.NS(=O)(=O)c1cc(F)c(NCC2CCOCC2)cc1Cl. The summed E-state index contributed by atoms with van der Waals surface area (Å²) in [4.78, 5) is -1.04. The average molecular weight is 550 g/mol. The van der Waals surface area contributed by atoms with Crippen LogP contribution in [0.3, 0.4) is 0 Å². The van der Waals surface area contributed by atoms with E-state index in [4.69, 9.17) is 33.1 Å². The van der Waals surface area contributed by atoms with Crippen LogP contribution in [0.1, 0.15) is 12.8 Å². The molecule has 1 saturated heterocycles. The maximum absolute atomic E-state index is 13.8. The normalized spacial score (nSPS) is 15.0. The lowest BCUT2D eigenvalue weighted by molar-refractivity contribution is 0.0699. The standard InChI is InChI=1S/C12H16ClFN2O3S.C6H4ClF2NO2S/c13-9-5-11(10(14)6-12(9)20(15,17)18)16-7-8-1-3-19-4-2-8;7-3-1-4(8)5(9)2-6(3)13(10,11)12/h5-6,8,16H,1-4,7H2,(H2,15,17,18);1-2H,(H2,10,11,12). The summed E-state index contributed by atoms with van der Waals surface area (Å²) in [6.07, 6.45) is 1.83. The van der Waals surface area contributed by atoms with Crippen molar-refractivity contribution in [2.24, 2.45) is 16.2 Å². The van der Waals surface area contributed by atoms with E-state index in [0.717, 1.165) is 18.9 Å². The molecule has 0 saturated carbocycles. The van der Waals surface area contributed by atoms with Crippen LogP contribution in [0.25, 0.3) is 0 Å². The van der Waals surface area contributed by atoms with Crippen molar-refractivity contribution in [1.29, 1.82) is 0 Å². The molecule has 1 aliphatic rings. The molecule has 0 amide bonds. The number of primary sulfonamides is 2. The third-order valence-corrected chi connectivity index (χ3v) is 7.28. The Labute approximate surface area is 199 Å². The molecule has 33 heavy (non-hydrogen) atoms. The predicted molar refractivity (Wildman–Crippen MR) is 118 cm³/mol. The van der Waals surface area contributed by atoms with Gasteiger partial charge < -0.3 is 10.1 Å². The van der Waals surface area contributed by atoms with E-state index in [-0.39, 0.29) is 10.7 Å². The van der Waals surface area contributed by atoms with E-state index in [1.807, 2.05) is 0 Å². The lowest BCUT2D eigenvalue weighted by Gasteiger charge is -2.23. The molecule has 0 radical (unpaired) electrons. The van der Waals surface area contributed by atoms with Crippen molar-refractivity contribution in [2.75, 3.05) is 25.1 Å². The molecule has 1 heterocycles. The summed E-state index contributed by atoms with van der Waals surface area (Å²) in [7, 11) is -8.14. The van der Waals surface area contributed by atoms with Gasteiger partial charge in [-0.2, -0.15) is 0 Å². The van der Waals surface area contributed by atoms with Crippen LogP contribution in [0.5, 0.6) is 0 Å². The van der Waals surface area contributed by atoms with Crippen LogP contribution in [0, 0.1) is 23.4 Å². The van der Waals surface area contributed by atoms with Gasteiger partial charge in [0.1, 0.15) is 15.6 Å². The highest BCUT2D eigenvalue weighted by Crippen LogP contribution is 2.28. The van der Waals surface area contributed by atoms with Crippen molar-refractivity contribution in [1.82, 2.24) is 0 Å². The minimum Gasteiger partial charge on any atom is -0.382 e.